The first-order valence-electron chi connectivity index (χ1n) is 7.78. The summed E-state index contributed by atoms with van der Waals surface area (Å²) >= 11 is 6.57. The molecule has 1 aliphatic heterocycles. The Morgan fingerprint density at radius 1 is 1.13 bits per heavy atom. The summed E-state index contributed by atoms with van der Waals surface area (Å²) in [5.41, 5.74) is 3.04. The lowest BCUT2D eigenvalue weighted by Crippen LogP contribution is -2.34. The second kappa shape index (κ2) is 5.58. The standard InChI is InChI=1S/C17H18ClN5/c1-11-13-5-3-4-6-14(13)19-15(17(11)18)9-22-7-8-23-12(2)20-21-16(23)10-22/h3-6H,7-10H2,1-2H3. The summed E-state index contributed by atoms with van der Waals surface area (Å²) < 4.78 is 2.18. The van der Waals surface area contributed by atoms with Crippen molar-refractivity contribution >= 4 is 22.5 Å². The molecule has 0 bridgehead atoms. The highest BCUT2D eigenvalue weighted by atomic mass is 35.5. The first kappa shape index (κ1) is 14.6. The van der Waals surface area contributed by atoms with Gasteiger partial charge in [0.15, 0.2) is 0 Å². The fourth-order valence-corrected chi connectivity index (χ4v) is 3.43. The van der Waals surface area contributed by atoms with Crippen LogP contribution in [0.2, 0.25) is 5.02 Å². The molecule has 3 heterocycles. The normalized spacial score (nSPS) is 15.1. The number of nitrogens with zero attached hydrogens (tertiary/aromatic N) is 5. The molecule has 23 heavy (non-hydrogen) atoms. The molecule has 4 rings (SSSR count). The summed E-state index contributed by atoms with van der Waals surface area (Å²) in [6.07, 6.45) is 0. The van der Waals surface area contributed by atoms with Crippen molar-refractivity contribution in [2.45, 2.75) is 33.5 Å². The van der Waals surface area contributed by atoms with Crippen molar-refractivity contribution < 1.29 is 0 Å². The second-order valence-corrected chi connectivity index (χ2v) is 6.42. The fraction of sp³-hybridized carbons (Fsp3) is 0.353. The van der Waals surface area contributed by atoms with Gasteiger partial charge in [0.1, 0.15) is 11.6 Å². The van der Waals surface area contributed by atoms with Crippen LogP contribution < -0.4 is 0 Å². The lowest BCUT2D eigenvalue weighted by molar-refractivity contribution is 0.205. The molecule has 0 amide bonds. The first-order chi connectivity index (χ1) is 11.1. The van der Waals surface area contributed by atoms with Crippen LogP contribution in [0.5, 0.6) is 0 Å². The monoisotopic (exact) mass is 327 g/mol. The van der Waals surface area contributed by atoms with E-state index in [4.69, 9.17) is 16.6 Å². The number of para-hydroxylation sites is 1. The molecule has 118 valence electrons. The molecule has 5 nitrogen and oxygen atoms in total. The van der Waals surface area contributed by atoms with Gasteiger partial charge in [-0.15, -0.1) is 10.2 Å². The summed E-state index contributed by atoms with van der Waals surface area (Å²) in [6.45, 7) is 7.44. The molecule has 1 aromatic carbocycles. The average molecular weight is 328 g/mol. The fourth-order valence-electron chi connectivity index (χ4n) is 3.22. The molecular weight excluding hydrogens is 310 g/mol. The number of hydrogen-bond donors (Lipinski definition) is 0. The molecule has 0 atom stereocenters. The van der Waals surface area contributed by atoms with Crippen LogP contribution in [0.3, 0.4) is 0 Å². The van der Waals surface area contributed by atoms with Crippen molar-refractivity contribution in [3.05, 3.63) is 52.2 Å². The quantitative estimate of drug-likeness (QED) is 0.725. The van der Waals surface area contributed by atoms with Crippen LogP contribution >= 0.6 is 11.6 Å². The minimum Gasteiger partial charge on any atom is -0.313 e. The van der Waals surface area contributed by atoms with Crippen LogP contribution in [0.15, 0.2) is 24.3 Å². The zero-order valence-corrected chi connectivity index (χ0v) is 14.0. The molecule has 0 saturated heterocycles. The minimum atomic E-state index is 0.733. The molecule has 1 aliphatic rings. The van der Waals surface area contributed by atoms with Gasteiger partial charge in [-0.2, -0.15) is 0 Å². The highest BCUT2D eigenvalue weighted by Gasteiger charge is 2.21. The van der Waals surface area contributed by atoms with Crippen LogP contribution in [0.25, 0.3) is 10.9 Å². The molecule has 6 heteroatoms. The van der Waals surface area contributed by atoms with Crippen LogP contribution in [0, 0.1) is 13.8 Å². The van der Waals surface area contributed by atoms with Crippen molar-refractivity contribution in [3.8, 4) is 0 Å². The predicted octanol–water partition coefficient (Wildman–Crippen LogP) is 3.11. The van der Waals surface area contributed by atoms with Crippen molar-refractivity contribution in [3.63, 3.8) is 0 Å². The van der Waals surface area contributed by atoms with Gasteiger partial charge in [0, 0.05) is 25.0 Å². The van der Waals surface area contributed by atoms with E-state index in [1.165, 1.54) is 0 Å². The van der Waals surface area contributed by atoms with Gasteiger partial charge in [0.05, 0.1) is 22.8 Å². The molecule has 0 saturated carbocycles. The number of benzene rings is 1. The number of aromatic nitrogens is 4. The van der Waals surface area contributed by atoms with Crippen LogP contribution in [0.4, 0.5) is 0 Å². The maximum absolute atomic E-state index is 6.57. The number of fused-ring (bicyclic) bond motifs is 2. The topological polar surface area (TPSA) is 46.8 Å². The van der Waals surface area contributed by atoms with E-state index >= 15 is 0 Å². The lowest BCUT2D eigenvalue weighted by Gasteiger charge is -2.27. The third kappa shape index (κ3) is 2.50. The minimum absolute atomic E-state index is 0.733. The largest absolute Gasteiger partial charge is 0.313 e. The number of rotatable bonds is 2. The van der Waals surface area contributed by atoms with Gasteiger partial charge in [0.25, 0.3) is 0 Å². The van der Waals surface area contributed by atoms with E-state index < -0.39 is 0 Å². The number of hydrogen-bond acceptors (Lipinski definition) is 4. The Hall–Kier alpha value is -1.98. The second-order valence-electron chi connectivity index (χ2n) is 6.04. The number of aryl methyl sites for hydroxylation is 2. The summed E-state index contributed by atoms with van der Waals surface area (Å²) in [7, 11) is 0. The van der Waals surface area contributed by atoms with Gasteiger partial charge in [-0.05, 0) is 25.5 Å². The Morgan fingerprint density at radius 3 is 2.83 bits per heavy atom. The van der Waals surface area contributed by atoms with Gasteiger partial charge in [0.2, 0.25) is 0 Å². The highest BCUT2D eigenvalue weighted by Crippen LogP contribution is 2.28. The summed E-state index contributed by atoms with van der Waals surface area (Å²) in [5, 5.41) is 10.3. The van der Waals surface area contributed by atoms with Crippen molar-refractivity contribution in [1.29, 1.82) is 0 Å². The van der Waals surface area contributed by atoms with Gasteiger partial charge in [-0.3, -0.25) is 4.90 Å². The van der Waals surface area contributed by atoms with E-state index in [-0.39, 0.29) is 0 Å². The highest BCUT2D eigenvalue weighted by molar-refractivity contribution is 6.32. The summed E-state index contributed by atoms with van der Waals surface area (Å²) in [4.78, 5) is 7.10. The van der Waals surface area contributed by atoms with E-state index in [1.54, 1.807) is 0 Å². The Bertz CT molecular complexity index is 886. The van der Waals surface area contributed by atoms with Gasteiger partial charge >= 0.3 is 0 Å². The van der Waals surface area contributed by atoms with Crippen molar-refractivity contribution in [2.24, 2.45) is 0 Å². The van der Waals surface area contributed by atoms with Crippen LogP contribution in [0.1, 0.15) is 22.9 Å². The molecule has 2 aromatic heterocycles. The summed E-state index contributed by atoms with van der Waals surface area (Å²) in [6, 6.07) is 8.14. The Morgan fingerprint density at radius 2 is 1.96 bits per heavy atom. The molecule has 3 aromatic rings. The molecule has 0 N–H and O–H groups in total. The van der Waals surface area contributed by atoms with E-state index in [9.17, 15) is 0 Å². The molecular formula is C17H18ClN5. The van der Waals surface area contributed by atoms with E-state index in [2.05, 4.69) is 32.7 Å². The first-order valence-corrected chi connectivity index (χ1v) is 8.16. The Kier molecular flexibility index (Phi) is 3.54. The van der Waals surface area contributed by atoms with Crippen molar-refractivity contribution in [2.75, 3.05) is 6.54 Å². The predicted molar refractivity (Wildman–Crippen MR) is 90.4 cm³/mol. The Balaban J connectivity index is 1.65. The van der Waals surface area contributed by atoms with Gasteiger partial charge in [-0.1, -0.05) is 29.8 Å². The van der Waals surface area contributed by atoms with E-state index in [0.29, 0.717) is 0 Å². The van der Waals surface area contributed by atoms with Crippen LogP contribution in [-0.4, -0.2) is 31.2 Å². The number of halogens is 1. The third-order valence-corrected chi connectivity index (χ3v) is 5.04. The lowest BCUT2D eigenvalue weighted by atomic mass is 10.1. The molecule has 0 fully saturated rings. The van der Waals surface area contributed by atoms with Gasteiger partial charge in [-0.25, -0.2) is 4.98 Å². The number of pyridine rings is 1. The maximum atomic E-state index is 6.57. The zero-order valence-electron chi connectivity index (χ0n) is 13.3. The van der Waals surface area contributed by atoms with E-state index in [1.807, 2.05) is 25.1 Å². The molecule has 0 radical (unpaired) electrons. The van der Waals surface area contributed by atoms with Gasteiger partial charge < -0.3 is 4.57 Å². The van der Waals surface area contributed by atoms with E-state index in [0.717, 1.165) is 65.0 Å². The molecule has 0 unspecified atom stereocenters. The SMILES string of the molecule is Cc1c(Cl)c(CN2CCn3c(C)nnc3C2)nc2ccccc12. The molecule has 0 spiro atoms. The summed E-state index contributed by atoms with van der Waals surface area (Å²) in [5.74, 6) is 2.00. The third-order valence-electron chi connectivity index (χ3n) is 4.54. The average Bonchev–Trinajstić information content (AvgIpc) is 2.93. The molecule has 0 aliphatic carbocycles. The van der Waals surface area contributed by atoms with Crippen LogP contribution in [-0.2, 0) is 19.6 Å². The zero-order chi connectivity index (χ0) is 16.0. The Labute approximate surface area is 139 Å². The van der Waals surface area contributed by atoms with Crippen molar-refractivity contribution in [1.82, 2.24) is 24.6 Å². The smallest absolute Gasteiger partial charge is 0.147 e. The maximum Gasteiger partial charge on any atom is 0.147 e.